The van der Waals surface area contributed by atoms with E-state index in [1.54, 1.807) is 12.1 Å². The maximum atomic E-state index is 12.6. The molecule has 0 radical (unpaired) electrons. The summed E-state index contributed by atoms with van der Waals surface area (Å²) in [7, 11) is -3.81. The minimum absolute atomic E-state index is 0.123. The molecular weight excluding hydrogens is 374 g/mol. The minimum Gasteiger partial charge on any atom is -0.271 e. The van der Waals surface area contributed by atoms with Crippen LogP contribution in [0.5, 0.6) is 0 Å². The summed E-state index contributed by atoms with van der Waals surface area (Å²) in [4.78, 5) is 12.7. The van der Waals surface area contributed by atoms with Gasteiger partial charge in [0.2, 0.25) is 10.0 Å². The van der Waals surface area contributed by atoms with Gasteiger partial charge in [-0.25, -0.2) is 13.8 Å². The molecule has 2 N–H and O–H groups in total. The zero-order valence-electron chi connectivity index (χ0n) is 16.6. The second kappa shape index (κ2) is 9.61. The van der Waals surface area contributed by atoms with E-state index >= 15 is 0 Å². The summed E-state index contributed by atoms with van der Waals surface area (Å²) < 4.78 is 27.8. The molecule has 0 fully saturated rings. The lowest BCUT2D eigenvalue weighted by Gasteiger charge is -2.19. The SMILES string of the molecule is Cc1ccc(/C=N\NC(=O)[C@H](CC(C)C)NS(=O)(=O)c2ccc(C)cc2)cc1. The Labute approximate surface area is 167 Å². The van der Waals surface area contributed by atoms with E-state index in [1.807, 2.05) is 52.0 Å². The molecule has 2 rings (SSSR count). The monoisotopic (exact) mass is 401 g/mol. The molecule has 6 nitrogen and oxygen atoms in total. The number of sulfonamides is 1. The van der Waals surface area contributed by atoms with Crippen LogP contribution in [-0.4, -0.2) is 26.6 Å². The fourth-order valence-electron chi connectivity index (χ4n) is 2.55. The van der Waals surface area contributed by atoms with Crippen LogP contribution < -0.4 is 10.1 Å². The van der Waals surface area contributed by atoms with Gasteiger partial charge < -0.3 is 0 Å². The standard InChI is InChI=1S/C21H27N3O3S/c1-15(2)13-20(24-28(26,27)19-11-7-17(4)8-12-19)21(25)23-22-14-18-9-5-16(3)6-10-18/h5-12,14-15,20,24H,13H2,1-4H3,(H,23,25)/b22-14-/t20-/m0/s1. The van der Waals surface area contributed by atoms with Crippen molar-refractivity contribution >= 4 is 22.1 Å². The number of nitrogens with one attached hydrogen (secondary N) is 2. The average Bonchev–Trinajstić information content (AvgIpc) is 2.62. The van der Waals surface area contributed by atoms with Gasteiger partial charge in [-0.3, -0.25) is 4.79 Å². The van der Waals surface area contributed by atoms with Gasteiger partial charge >= 0.3 is 0 Å². The lowest BCUT2D eigenvalue weighted by Crippen LogP contribution is -2.46. The van der Waals surface area contributed by atoms with E-state index in [0.29, 0.717) is 6.42 Å². The highest BCUT2D eigenvalue weighted by Crippen LogP contribution is 2.13. The molecule has 2 aromatic carbocycles. The van der Waals surface area contributed by atoms with Crippen molar-refractivity contribution < 1.29 is 13.2 Å². The Morgan fingerprint density at radius 3 is 2.07 bits per heavy atom. The Kier molecular flexibility index (Phi) is 7.48. The van der Waals surface area contributed by atoms with Gasteiger partial charge in [0.1, 0.15) is 6.04 Å². The maximum absolute atomic E-state index is 12.6. The molecule has 0 aliphatic rings. The lowest BCUT2D eigenvalue weighted by molar-refractivity contribution is -0.123. The summed E-state index contributed by atoms with van der Waals surface area (Å²) in [6, 6.07) is 13.2. The highest BCUT2D eigenvalue weighted by Gasteiger charge is 2.26. The van der Waals surface area contributed by atoms with Crippen LogP contribution in [0.3, 0.4) is 0 Å². The molecule has 0 aliphatic carbocycles. The number of rotatable bonds is 8. The zero-order chi connectivity index (χ0) is 20.7. The molecule has 0 bridgehead atoms. The van der Waals surface area contributed by atoms with Crippen LogP contribution in [0.2, 0.25) is 0 Å². The van der Waals surface area contributed by atoms with Crippen LogP contribution in [-0.2, 0) is 14.8 Å². The van der Waals surface area contributed by atoms with Crippen molar-refractivity contribution in [2.75, 3.05) is 0 Å². The number of carbonyl (C=O) groups is 1. The first-order chi connectivity index (χ1) is 13.2. The Hall–Kier alpha value is -2.51. The van der Waals surface area contributed by atoms with Crippen LogP contribution in [0.1, 0.15) is 37.0 Å². The van der Waals surface area contributed by atoms with E-state index in [9.17, 15) is 13.2 Å². The number of hydrogen-bond acceptors (Lipinski definition) is 4. The van der Waals surface area contributed by atoms with Crippen LogP contribution >= 0.6 is 0 Å². The first-order valence-electron chi connectivity index (χ1n) is 9.16. The fraction of sp³-hybridized carbons (Fsp3) is 0.333. The zero-order valence-corrected chi connectivity index (χ0v) is 17.5. The lowest BCUT2D eigenvalue weighted by atomic mass is 10.0. The van der Waals surface area contributed by atoms with Gasteiger partial charge in [0.05, 0.1) is 11.1 Å². The van der Waals surface area contributed by atoms with E-state index in [-0.39, 0.29) is 10.8 Å². The third-order valence-electron chi connectivity index (χ3n) is 4.12. The molecule has 150 valence electrons. The quantitative estimate of drug-likeness (QED) is 0.526. The van der Waals surface area contributed by atoms with E-state index in [1.165, 1.54) is 18.3 Å². The number of nitrogens with zero attached hydrogens (tertiary/aromatic N) is 1. The number of hydrogen-bond donors (Lipinski definition) is 2. The summed E-state index contributed by atoms with van der Waals surface area (Å²) in [6.45, 7) is 7.72. The fourth-order valence-corrected chi connectivity index (χ4v) is 3.76. The number of amides is 1. The van der Waals surface area contributed by atoms with Crippen LogP contribution in [0.15, 0.2) is 58.5 Å². The Morgan fingerprint density at radius 1 is 1.00 bits per heavy atom. The smallest absolute Gasteiger partial charge is 0.258 e. The molecule has 0 heterocycles. The van der Waals surface area contributed by atoms with Gasteiger partial charge in [0, 0.05) is 0 Å². The molecule has 7 heteroatoms. The molecule has 0 saturated heterocycles. The van der Waals surface area contributed by atoms with E-state index < -0.39 is 22.0 Å². The molecule has 1 atom stereocenters. The van der Waals surface area contributed by atoms with Gasteiger partial charge in [-0.15, -0.1) is 0 Å². The summed E-state index contributed by atoms with van der Waals surface area (Å²) in [5.41, 5.74) is 5.36. The second-order valence-corrected chi connectivity index (χ2v) is 8.98. The Bertz CT molecular complexity index is 918. The summed E-state index contributed by atoms with van der Waals surface area (Å²) in [5.74, 6) is -0.370. The minimum atomic E-state index is -3.81. The third kappa shape index (κ3) is 6.58. The van der Waals surface area contributed by atoms with Gasteiger partial charge in [-0.05, 0) is 43.9 Å². The summed E-state index contributed by atoms with van der Waals surface area (Å²) in [5, 5.41) is 3.95. The molecule has 0 saturated carbocycles. The van der Waals surface area contributed by atoms with Crippen molar-refractivity contribution in [2.45, 2.75) is 45.1 Å². The van der Waals surface area contributed by atoms with E-state index in [2.05, 4.69) is 15.2 Å². The topological polar surface area (TPSA) is 87.6 Å². The number of aryl methyl sites for hydroxylation is 2. The largest absolute Gasteiger partial charge is 0.271 e. The van der Waals surface area contributed by atoms with Crippen molar-refractivity contribution in [3.05, 3.63) is 65.2 Å². The predicted molar refractivity (Wildman–Crippen MR) is 112 cm³/mol. The second-order valence-electron chi connectivity index (χ2n) is 7.26. The first kappa shape index (κ1) is 21.8. The van der Waals surface area contributed by atoms with Crippen LogP contribution in [0.4, 0.5) is 0 Å². The van der Waals surface area contributed by atoms with Crippen molar-refractivity contribution in [1.29, 1.82) is 0 Å². The normalized spacial score (nSPS) is 13.0. The number of benzene rings is 2. The average molecular weight is 402 g/mol. The molecule has 2 aromatic rings. The number of carbonyl (C=O) groups excluding carboxylic acids is 1. The van der Waals surface area contributed by atoms with Gasteiger partial charge in [-0.1, -0.05) is 61.4 Å². The van der Waals surface area contributed by atoms with Crippen molar-refractivity contribution in [2.24, 2.45) is 11.0 Å². The molecule has 0 unspecified atom stereocenters. The summed E-state index contributed by atoms with van der Waals surface area (Å²) in [6.07, 6.45) is 1.88. The van der Waals surface area contributed by atoms with Gasteiger partial charge in [-0.2, -0.15) is 9.82 Å². The van der Waals surface area contributed by atoms with Crippen LogP contribution in [0, 0.1) is 19.8 Å². The molecule has 0 spiro atoms. The predicted octanol–water partition coefficient (Wildman–Crippen LogP) is 3.15. The van der Waals surface area contributed by atoms with E-state index in [4.69, 9.17) is 0 Å². The molecule has 28 heavy (non-hydrogen) atoms. The molecule has 0 aliphatic heterocycles. The maximum Gasteiger partial charge on any atom is 0.258 e. The Balaban J connectivity index is 2.10. The van der Waals surface area contributed by atoms with Crippen molar-refractivity contribution in [3.8, 4) is 0 Å². The van der Waals surface area contributed by atoms with Crippen LogP contribution in [0.25, 0.3) is 0 Å². The number of hydrazone groups is 1. The van der Waals surface area contributed by atoms with Crippen molar-refractivity contribution in [1.82, 2.24) is 10.1 Å². The van der Waals surface area contributed by atoms with E-state index in [0.717, 1.165) is 16.7 Å². The van der Waals surface area contributed by atoms with Crippen molar-refractivity contribution in [3.63, 3.8) is 0 Å². The molecule has 1 amide bonds. The van der Waals surface area contributed by atoms with Gasteiger partial charge in [0.25, 0.3) is 5.91 Å². The molecule has 0 aromatic heterocycles. The first-order valence-corrected chi connectivity index (χ1v) is 10.6. The molecular formula is C21H27N3O3S. The third-order valence-corrected chi connectivity index (χ3v) is 5.61. The highest BCUT2D eigenvalue weighted by atomic mass is 32.2. The highest BCUT2D eigenvalue weighted by molar-refractivity contribution is 7.89. The summed E-state index contributed by atoms with van der Waals surface area (Å²) >= 11 is 0. The Morgan fingerprint density at radius 2 is 1.54 bits per heavy atom. The van der Waals surface area contributed by atoms with Gasteiger partial charge in [0.15, 0.2) is 0 Å².